The van der Waals surface area contributed by atoms with Crippen LogP contribution in [-0.2, 0) is 65.4 Å². The van der Waals surface area contributed by atoms with E-state index in [1.54, 1.807) is 0 Å². The van der Waals surface area contributed by atoms with Crippen LogP contribution in [0.3, 0.4) is 0 Å². The minimum atomic E-state index is -4.96. The van der Waals surface area contributed by atoms with Crippen molar-refractivity contribution in [3.63, 3.8) is 0 Å². The van der Waals surface area contributed by atoms with Gasteiger partial charge < -0.3 is 33.8 Å². The lowest BCUT2D eigenvalue weighted by molar-refractivity contribution is -0.161. The van der Waals surface area contributed by atoms with E-state index in [1.165, 1.54) is 283 Å². The molecule has 0 aromatic heterocycles. The highest BCUT2D eigenvalue weighted by Gasteiger charge is 2.30. The Hall–Kier alpha value is -1.94. The molecule has 19 heteroatoms. The summed E-state index contributed by atoms with van der Waals surface area (Å²) in [5, 5.41) is 10.7. The summed E-state index contributed by atoms with van der Waals surface area (Å²) in [4.78, 5) is 73.2. The van der Waals surface area contributed by atoms with Gasteiger partial charge in [0.05, 0.1) is 26.4 Å². The van der Waals surface area contributed by atoms with Crippen molar-refractivity contribution in [3.05, 3.63) is 0 Å². The van der Waals surface area contributed by atoms with Gasteiger partial charge in [-0.3, -0.25) is 37.3 Å². The van der Waals surface area contributed by atoms with Crippen LogP contribution in [0.2, 0.25) is 0 Å². The van der Waals surface area contributed by atoms with Crippen molar-refractivity contribution >= 4 is 39.5 Å². The summed E-state index contributed by atoms with van der Waals surface area (Å²) >= 11 is 0. The molecule has 0 radical (unpaired) electrons. The van der Waals surface area contributed by atoms with E-state index < -0.39 is 97.5 Å². The summed E-state index contributed by atoms with van der Waals surface area (Å²) in [6, 6.07) is 0. The molecule has 0 aliphatic carbocycles. The maximum atomic E-state index is 13.1. The van der Waals surface area contributed by atoms with Crippen LogP contribution < -0.4 is 0 Å². The zero-order valence-electron chi connectivity index (χ0n) is 68.2. The number of carbonyl (C=O) groups is 4. The number of carbonyl (C=O) groups excluding carboxylic acids is 4. The summed E-state index contributed by atoms with van der Waals surface area (Å²) in [6.45, 7) is 7.36. The van der Waals surface area contributed by atoms with Crippen LogP contribution in [-0.4, -0.2) is 96.7 Å². The molecular formula is C85H166O17P2. The van der Waals surface area contributed by atoms with E-state index in [0.29, 0.717) is 25.7 Å². The first-order valence-corrected chi connectivity index (χ1v) is 47.2. The van der Waals surface area contributed by atoms with E-state index >= 15 is 0 Å². The summed E-state index contributed by atoms with van der Waals surface area (Å²) in [7, 11) is -9.93. The molecular weight excluding hydrogens is 1350 g/mol. The van der Waals surface area contributed by atoms with Crippen molar-refractivity contribution in [2.45, 2.75) is 477 Å². The minimum absolute atomic E-state index is 0.108. The second-order valence-electron chi connectivity index (χ2n) is 30.8. The van der Waals surface area contributed by atoms with Gasteiger partial charge in [0.15, 0.2) is 12.2 Å². The number of phosphoric ester groups is 2. The molecule has 0 fully saturated rings. The van der Waals surface area contributed by atoms with Crippen molar-refractivity contribution in [2.24, 2.45) is 5.92 Å². The number of aliphatic hydroxyl groups is 1. The highest BCUT2D eigenvalue weighted by Crippen LogP contribution is 2.45. The van der Waals surface area contributed by atoms with Crippen molar-refractivity contribution in [2.75, 3.05) is 39.6 Å². The first-order valence-electron chi connectivity index (χ1n) is 44.2. The van der Waals surface area contributed by atoms with Gasteiger partial charge in [0.1, 0.15) is 19.3 Å². The van der Waals surface area contributed by atoms with Crippen LogP contribution in [0, 0.1) is 5.92 Å². The van der Waals surface area contributed by atoms with Crippen LogP contribution in [0.4, 0.5) is 0 Å². The van der Waals surface area contributed by atoms with Crippen LogP contribution in [0.1, 0.15) is 458 Å². The maximum absolute atomic E-state index is 13.1. The van der Waals surface area contributed by atoms with Crippen molar-refractivity contribution < 1.29 is 80.2 Å². The van der Waals surface area contributed by atoms with Gasteiger partial charge >= 0.3 is 39.5 Å². The number of hydrogen-bond donors (Lipinski definition) is 3. The highest BCUT2D eigenvalue weighted by atomic mass is 31.2. The summed E-state index contributed by atoms with van der Waals surface area (Å²) in [5.74, 6) is -1.32. The number of unbranched alkanes of at least 4 members (excludes halogenated alkanes) is 56. The number of phosphoric acid groups is 2. The van der Waals surface area contributed by atoms with Gasteiger partial charge in [0, 0.05) is 25.7 Å². The van der Waals surface area contributed by atoms with Crippen LogP contribution in [0.25, 0.3) is 0 Å². The molecule has 0 aliphatic rings. The minimum Gasteiger partial charge on any atom is -0.462 e. The summed E-state index contributed by atoms with van der Waals surface area (Å²) in [6.07, 6.45) is 70.7. The molecule has 0 saturated carbocycles. The summed E-state index contributed by atoms with van der Waals surface area (Å²) in [5.41, 5.74) is 0. The fourth-order valence-electron chi connectivity index (χ4n) is 13.3. The average molecular weight is 1520 g/mol. The third-order valence-corrected chi connectivity index (χ3v) is 22.3. The molecule has 6 atom stereocenters. The van der Waals surface area contributed by atoms with E-state index in [-0.39, 0.29) is 25.7 Å². The van der Waals surface area contributed by atoms with Gasteiger partial charge in [0.2, 0.25) is 0 Å². The Kier molecular flexibility index (Phi) is 76.3. The maximum Gasteiger partial charge on any atom is 0.472 e. The van der Waals surface area contributed by atoms with Gasteiger partial charge in [-0.2, -0.15) is 0 Å². The smallest absolute Gasteiger partial charge is 0.462 e. The Labute approximate surface area is 638 Å². The Balaban J connectivity index is 5.25. The normalized spacial score (nSPS) is 14.0. The SMILES string of the molecule is CCCCCCCCCCCCCCCCCCCCCCC(=O)O[C@H](COC(=O)CCCCCCCCCCCCCCCCCCCC)COP(=O)(O)OC[C@@H](O)COP(=O)(O)OC[C@@H](COC(=O)CCCCCCCCCCC(C)CC)OC(=O)CCCCCCCCCCCCCCCC. The Morgan fingerprint density at radius 1 is 0.269 bits per heavy atom. The number of ether oxygens (including phenoxy) is 4. The molecule has 0 aliphatic heterocycles. The Bertz CT molecular complexity index is 1980. The molecule has 0 aromatic rings. The van der Waals surface area contributed by atoms with Crippen LogP contribution in [0.15, 0.2) is 0 Å². The second-order valence-corrected chi connectivity index (χ2v) is 33.7. The predicted molar refractivity (Wildman–Crippen MR) is 428 cm³/mol. The molecule has 3 unspecified atom stereocenters. The lowest BCUT2D eigenvalue weighted by atomic mass is 9.99. The number of hydrogen-bond acceptors (Lipinski definition) is 15. The molecule has 0 amide bonds. The first kappa shape index (κ1) is 102. The molecule has 0 saturated heterocycles. The van der Waals surface area contributed by atoms with E-state index in [1.807, 2.05) is 0 Å². The van der Waals surface area contributed by atoms with Crippen LogP contribution in [0.5, 0.6) is 0 Å². The second kappa shape index (κ2) is 77.8. The van der Waals surface area contributed by atoms with Crippen molar-refractivity contribution in [1.29, 1.82) is 0 Å². The number of esters is 4. The molecule has 3 N–H and O–H groups in total. The quantitative estimate of drug-likeness (QED) is 0.0222. The molecule has 0 bridgehead atoms. The standard InChI is InChI=1S/C85H166O17P2/c1-6-10-13-16-19-22-25-28-31-33-35-36-38-40-43-46-49-56-61-66-71-85(90)101-80(74-95-82(87)68-63-58-53-47-44-42-39-37-34-32-29-26-23-20-17-14-11-7-2)76-99-103(91,92)97-72-79(86)73-98-104(93,94)100-77-81(75-96-83(88)69-64-59-54-51-50-52-57-62-67-78(5)9-4)102-84(89)70-65-60-55-48-45-41-30-27-24-21-18-15-12-8-3/h78-81,86H,6-77H2,1-5H3,(H,91,92)(H,93,94)/t78?,79-,80-,81-/m1/s1. The van der Waals surface area contributed by atoms with Gasteiger partial charge in [-0.1, -0.05) is 407 Å². The highest BCUT2D eigenvalue weighted by molar-refractivity contribution is 7.47. The van der Waals surface area contributed by atoms with Crippen molar-refractivity contribution in [1.82, 2.24) is 0 Å². The first-order chi connectivity index (χ1) is 50.6. The van der Waals surface area contributed by atoms with Gasteiger partial charge in [-0.25, -0.2) is 9.13 Å². The monoisotopic (exact) mass is 1520 g/mol. The fourth-order valence-corrected chi connectivity index (χ4v) is 14.8. The Morgan fingerprint density at radius 3 is 0.683 bits per heavy atom. The zero-order valence-corrected chi connectivity index (χ0v) is 70.0. The molecule has 17 nitrogen and oxygen atoms in total. The molecule has 0 rings (SSSR count). The van der Waals surface area contributed by atoms with Gasteiger partial charge in [0.25, 0.3) is 0 Å². The molecule has 0 heterocycles. The largest absolute Gasteiger partial charge is 0.472 e. The van der Waals surface area contributed by atoms with E-state index in [2.05, 4.69) is 34.6 Å². The molecule has 0 spiro atoms. The molecule has 0 aromatic carbocycles. The molecule has 618 valence electrons. The fraction of sp³-hybridized carbons (Fsp3) is 0.953. The number of aliphatic hydroxyl groups excluding tert-OH is 1. The number of rotatable bonds is 85. The van der Waals surface area contributed by atoms with Crippen LogP contribution >= 0.6 is 15.6 Å². The third-order valence-electron chi connectivity index (χ3n) is 20.4. The van der Waals surface area contributed by atoms with E-state index in [0.717, 1.165) is 95.8 Å². The summed E-state index contributed by atoms with van der Waals surface area (Å²) < 4.78 is 68.9. The van der Waals surface area contributed by atoms with Gasteiger partial charge in [-0.05, 0) is 31.6 Å². The van der Waals surface area contributed by atoms with E-state index in [9.17, 15) is 43.2 Å². The predicted octanol–water partition coefficient (Wildman–Crippen LogP) is 26.0. The lowest BCUT2D eigenvalue weighted by Gasteiger charge is -2.21. The average Bonchev–Trinajstić information content (AvgIpc) is 0.930. The van der Waals surface area contributed by atoms with E-state index in [4.69, 9.17) is 37.0 Å². The lowest BCUT2D eigenvalue weighted by Crippen LogP contribution is -2.30. The van der Waals surface area contributed by atoms with Crippen molar-refractivity contribution in [3.8, 4) is 0 Å². The topological polar surface area (TPSA) is 237 Å². The van der Waals surface area contributed by atoms with Gasteiger partial charge in [-0.15, -0.1) is 0 Å². The third kappa shape index (κ3) is 76.8. The molecule has 104 heavy (non-hydrogen) atoms. The zero-order chi connectivity index (χ0) is 76.2. The Morgan fingerprint density at radius 2 is 0.462 bits per heavy atom.